The summed E-state index contributed by atoms with van der Waals surface area (Å²) in [5.74, 6) is 0.255. The lowest BCUT2D eigenvalue weighted by Crippen LogP contribution is -1.85. The van der Waals surface area contributed by atoms with Gasteiger partial charge in [-0.3, -0.25) is 0 Å². The number of aromatic hydroxyl groups is 1. The van der Waals surface area contributed by atoms with Crippen LogP contribution in [-0.2, 0) is 7.05 Å². The maximum absolute atomic E-state index is 9.63. The number of nitrogens with zero attached hydrogens (tertiary/aromatic N) is 1. The molecule has 2 rings (SSSR count). The maximum Gasteiger partial charge on any atom is 0.123 e. The molecule has 0 saturated carbocycles. The second kappa shape index (κ2) is 3.10. The fraction of sp³-hybridized carbons (Fsp3) is 0.0909. The van der Waals surface area contributed by atoms with Crippen LogP contribution in [0.3, 0.4) is 0 Å². The summed E-state index contributed by atoms with van der Waals surface area (Å²) in [7, 11) is 1.94. The van der Waals surface area contributed by atoms with E-state index in [9.17, 15) is 5.11 Å². The van der Waals surface area contributed by atoms with E-state index in [1.165, 1.54) is 0 Å². The zero-order valence-corrected chi connectivity index (χ0v) is 7.94. The molecule has 0 aliphatic carbocycles. The minimum absolute atomic E-state index is 0.255. The van der Waals surface area contributed by atoms with Gasteiger partial charge >= 0.3 is 0 Å². The van der Waals surface area contributed by atoms with Crippen molar-refractivity contribution in [3.8, 4) is 16.9 Å². The third-order valence-electron chi connectivity index (χ3n) is 2.16. The molecule has 0 atom stereocenters. The Hall–Kier alpha value is -1.90. The van der Waals surface area contributed by atoms with E-state index < -0.39 is 0 Å². The molecule has 0 unspecified atom stereocenters. The van der Waals surface area contributed by atoms with Gasteiger partial charge in [-0.05, 0) is 24.3 Å². The molecule has 0 amide bonds. The Labute approximate surface area is 82.4 Å². The molecule has 3 nitrogen and oxygen atoms in total. The molecule has 0 spiro atoms. The van der Waals surface area contributed by atoms with Gasteiger partial charge in [0.05, 0.1) is 0 Å². The van der Waals surface area contributed by atoms with E-state index in [2.05, 4.69) is 0 Å². The first-order valence-corrected chi connectivity index (χ1v) is 4.37. The predicted octanol–water partition coefficient (Wildman–Crippen LogP) is 1.98. The van der Waals surface area contributed by atoms with Crippen molar-refractivity contribution in [1.82, 2.24) is 4.57 Å². The number of hydrogen-bond donors (Lipinski definition) is 2. The Bertz CT molecular complexity index is 460. The first-order chi connectivity index (χ1) is 6.66. The summed E-state index contributed by atoms with van der Waals surface area (Å²) in [5, 5.41) is 9.63. The van der Waals surface area contributed by atoms with Gasteiger partial charge < -0.3 is 15.4 Å². The van der Waals surface area contributed by atoms with Gasteiger partial charge in [-0.25, -0.2) is 0 Å². The van der Waals surface area contributed by atoms with Gasteiger partial charge in [-0.15, -0.1) is 0 Å². The third-order valence-corrected chi connectivity index (χ3v) is 2.16. The molecule has 0 saturated heterocycles. The summed E-state index contributed by atoms with van der Waals surface area (Å²) in [4.78, 5) is 0. The van der Waals surface area contributed by atoms with Crippen LogP contribution in [0.15, 0.2) is 36.7 Å². The molecule has 14 heavy (non-hydrogen) atoms. The van der Waals surface area contributed by atoms with Crippen LogP contribution in [-0.4, -0.2) is 9.67 Å². The molecule has 0 aliphatic heterocycles. The molecule has 0 radical (unpaired) electrons. The molecule has 1 heterocycles. The molecule has 0 aliphatic rings. The molecule has 3 N–H and O–H groups in total. The van der Waals surface area contributed by atoms with E-state index in [1.54, 1.807) is 18.2 Å². The smallest absolute Gasteiger partial charge is 0.123 e. The normalized spacial score (nSPS) is 10.4. The second-order valence-corrected chi connectivity index (χ2v) is 3.34. The van der Waals surface area contributed by atoms with E-state index in [0.29, 0.717) is 5.69 Å². The summed E-state index contributed by atoms with van der Waals surface area (Å²) in [6.07, 6.45) is 3.87. The predicted molar refractivity (Wildman–Crippen MR) is 56.9 cm³/mol. The van der Waals surface area contributed by atoms with Crippen LogP contribution in [0.4, 0.5) is 5.69 Å². The molecule has 2 aromatic rings. The first kappa shape index (κ1) is 8.69. The van der Waals surface area contributed by atoms with Gasteiger partial charge in [-0.1, -0.05) is 0 Å². The third kappa shape index (κ3) is 1.44. The lowest BCUT2D eigenvalue weighted by molar-refractivity contribution is 0.477. The quantitative estimate of drug-likeness (QED) is 0.531. The Morgan fingerprint density at radius 2 is 2.07 bits per heavy atom. The summed E-state index contributed by atoms with van der Waals surface area (Å²) >= 11 is 0. The number of benzene rings is 1. The van der Waals surface area contributed by atoms with Gasteiger partial charge in [-0.2, -0.15) is 0 Å². The average Bonchev–Trinajstić information content (AvgIpc) is 2.56. The van der Waals surface area contributed by atoms with Crippen molar-refractivity contribution in [1.29, 1.82) is 0 Å². The van der Waals surface area contributed by atoms with Crippen molar-refractivity contribution in [2.45, 2.75) is 0 Å². The van der Waals surface area contributed by atoms with E-state index >= 15 is 0 Å². The van der Waals surface area contributed by atoms with E-state index in [4.69, 9.17) is 5.73 Å². The van der Waals surface area contributed by atoms with Gasteiger partial charge in [0.1, 0.15) is 5.75 Å². The minimum atomic E-state index is 0.255. The van der Waals surface area contributed by atoms with Crippen LogP contribution in [0.25, 0.3) is 11.1 Å². The van der Waals surface area contributed by atoms with Crippen molar-refractivity contribution in [2.24, 2.45) is 7.05 Å². The lowest BCUT2D eigenvalue weighted by atomic mass is 10.1. The Morgan fingerprint density at radius 1 is 1.29 bits per heavy atom. The highest BCUT2D eigenvalue weighted by molar-refractivity contribution is 5.73. The van der Waals surface area contributed by atoms with Crippen molar-refractivity contribution in [3.05, 3.63) is 36.7 Å². The molecule has 1 aromatic carbocycles. The molecule has 72 valence electrons. The summed E-state index contributed by atoms with van der Waals surface area (Å²) in [5.41, 5.74) is 8.05. The van der Waals surface area contributed by atoms with Crippen molar-refractivity contribution in [3.63, 3.8) is 0 Å². The van der Waals surface area contributed by atoms with Crippen LogP contribution in [0.2, 0.25) is 0 Å². The topological polar surface area (TPSA) is 51.2 Å². The highest BCUT2D eigenvalue weighted by atomic mass is 16.3. The zero-order chi connectivity index (χ0) is 10.1. The van der Waals surface area contributed by atoms with Gasteiger partial charge in [0.2, 0.25) is 0 Å². The van der Waals surface area contributed by atoms with Crippen LogP contribution >= 0.6 is 0 Å². The lowest BCUT2D eigenvalue weighted by Gasteiger charge is -2.02. The number of nitrogen functional groups attached to an aromatic ring is 1. The fourth-order valence-electron chi connectivity index (χ4n) is 1.45. The molecular formula is C11H12N2O. The standard InChI is InChI=1S/C11H12N2O/c1-13-5-4-8(7-13)10-6-9(12)2-3-11(10)14/h2-7,14H,12H2,1H3. The van der Waals surface area contributed by atoms with Crippen LogP contribution in [0, 0.1) is 0 Å². The number of phenolic OH excluding ortho intramolecular Hbond substituents is 1. The second-order valence-electron chi connectivity index (χ2n) is 3.34. The average molecular weight is 188 g/mol. The SMILES string of the molecule is Cn1ccc(-c2cc(N)ccc2O)c1. The highest BCUT2D eigenvalue weighted by Gasteiger charge is 2.05. The number of nitrogens with two attached hydrogens (primary N) is 1. The molecule has 3 heteroatoms. The summed E-state index contributed by atoms with van der Waals surface area (Å²) in [6.45, 7) is 0. The van der Waals surface area contributed by atoms with E-state index in [0.717, 1.165) is 11.1 Å². The largest absolute Gasteiger partial charge is 0.507 e. The maximum atomic E-state index is 9.63. The van der Waals surface area contributed by atoms with Crippen molar-refractivity contribution >= 4 is 5.69 Å². The number of anilines is 1. The Kier molecular flexibility index (Phi) is 1.93. The van der Waals surface area contributed by atoms with Crippen molar-refractivity contribution < 1.29 is 5.11 Å². The van der Waals surface area contributed by atoms with Gasteiger partial charge in [0, 0.05) is 36.3 Å². The fourth-order valence-corrected chi connectivity index (χ4v) is 1.45. The molecular weight excluding hydrogens is 176 g/mol. The minimum Gasteiger partial charge on any atom is -0.507 e. The van der Waals surface area contributed by atoms with E-state index in [1.807, 2.05) is 30.1 Å². The number of aryl methyl sites for hydroxylation is 1. The number of phenols is 1. The van der Waals surface area contributed by atoms with E-state index in [-0.39, 0.29) is 5.75 Å². The number of aromatic nitrogens is 1. The van der Waals surface area contributed by atoms with Gasteiger partial charge in [0.15, 0.2) is 0 Å². The van der Waals surface area contributed by atoms with Gasteiger partial charge in [0.25, 0.3) is 0 Å². The Balaban J connectivity index is 2.55. The van der Waals surface area contributed by atoms with Crippen molar-refractivity contribution in [2.75, 3.05) is 5.73 Å². The summed E-state index contributed by atoms with van der Waals surface area (Å²) in [6, 6.07) is 7.00. The first-order valence-electron chi connectivity index (χ1n) is 4.37. The highest BCUT2D eigenvalue weighted by Crippen LogP contribution is 2.30. The molecule has 1 aromatic heterocycles. The number of hydrogen-bond acceptors (Lipinski definition) is 2. The Morgan fingerprint density at radius 3 is 2.71 bits per heavy atom. The van der Waals surface area contributed by atoms with Crippen LogP contribution in [0.5, 0.6) is 5.75 Å². The summed E-state index contributed by atoms with van der Waals surface area (Å²) < 4.78 is 1.93. The molecule has 0 bridgehead atoms. The number of rotatable bonds is 1. The monoisotopic (exact) mass is 188 g/mol. The molecule has 0 fully saturated rings. The van der Waals surface area contributed by atoms with Crippen LogP contribution < -0.4 is 5.73 Å². The zero-order valence-electron chi connectivity index (χ0n) is 7.94. The van der Waals surface area contributed by atoms with Crippen LogP contribution in [0.1, 0.15) is 0 Å².